The van der Waals surface area contributed by atoms with Crippen LogP contribution >= 0.6 is 0 Å². The van der Waals surface area contributed by atoms with Gasteiger partial charge in [-0.15, -0.1) is 0 Å². The van der Waals surface area contributed by atoms with Crippen molar-refractivity contribution >= 4 is 0 Å². The zero-order valence-electron chi connectivity index (χ0n) is 8.76. The smallest absolute Gasteiger partial charge is 0.0606 e. The molecule has 0 atom stereocenters. The van der Waals surface area contributed by atoms with E-state index in [2.05, 4.69) is 32.7 Å². The normalized spacial score (nSPS) is 23.0. The van der Waals surface area contributed by atoms with Crippen molar-refractivity contribution < 1.29 is 4.74 Å². The molecule has 12 heavy (non-hydrogen) atoms. The van der Waals surface area contributed by atoms with Crippen LogP contribution in [-0.4, -0.2) is 36.7 Å². The van der Waals surface area contributed by atoms with Crippen LogP contribution in [0.25, 0.3) is 0 Å². The summed E-state index contributed by atoms with van der Waals surface area (Å²) in [6.45, 7) is 8.75. The van der Waals surface area contributed by atoms with Crippen molar-refractivity contribution in [3.05, 3.63) is 0 Å². The van der Waals surface area contributed by atoms with Crippen molar-refractivity contribution in [3.63, 3.8) is 0 Å². The quantitative estimate of drug-likeness (QED) is 0.597. The molecular weight excluding hydrogens is 150 g/mol. The highest BCUT2D eigenvalue weighted by molar-refractivity contribution is 4.73. The van der Waals surface area contributed by atoms with Gasteiger partial charge in [0.1, 0.15) is 0 Å². The van der Waals surface area contributed by atoms with E-state index in [1.807, 2.05) is 0 Å². The molecule has 0 radical (unpaired) electrons. The topological polar surface area (TPSA) is 12.5 Å². The van der Waals surface area contributed by atoms with E-state index in [4.69, 9.17) is 4.74 Å². The maximum atomic E-state index is 5.90. The average Bonchev–Trinajstić information content (AvgIpc) is 1.91. The van der Waals surface area contributed by atoms with Crippen LogP contribution in [0.1, 0.15) is 33.6 Å². The second-order valence-electron chi connectivity index (χ2n) is 4.73. The Morgan fingerprint density at radius 3 is 2.08 bits per heavy atom. The predicted octanol–water partition coefficient (Wildman–Crippen LogP) is 1.90. The summed E-state index contributed by atoms with van der Waals surface area (Å²) in [6, 6.07) is 0. The first-order valence-electron chi connectivity index (χ1n) is 4.84. The van der Waals surface area contributed by atoms with Crippen LogP contribution in [0.3, 0.4) is 0 Å². The molecule has 0 aromatic carbocycles. The summed E-state index contributed by atoms with van der Waals surface area (Å²) in [5.41, 5.74) is 0.0284. The summed E-state index contributed by atoms with van der Waals surface area (Å²) in [5, 5.41) is 0. The van der Waals surface area contributed by atoms with Gasteiger partial charge in [-0.05, 0) is 40.7 Å². The number of piperidine rings is 1. The molecule has 1 aliphatic heterocycles. The van der Waals surface area contributed by atoms with E-state index in [0.717, 1.165) is 0 Å². The Labute approximate surface area is 75.9 Å². The lowest BCUT2D eigenvalue weighted by Crippen LogP contribution is -2.37. The number of rotatable bonds is 1. The van der Waals surface area contributed by atoms with Crippen LogP contribution in [-0.2, 0) is 4.74 Å². The maximum absolute atomic E-state index is 5.90. The number of ether oxygens (including phenoxy) is 1. The minimum atomic E-state index is 0.0284. The van der Waals surface area contributed by atoms with Crippen LogP contribution in [0.5, 0.6) is 0 Å². The third-order valence-corrected chi connectivity index (χ3v) is 2.19. The monoisotopic (exact) mass is 171 g/mol. The second-order valence-corrected chi connectivity index (χ2v) is 4.73. The van der Waals surface area contributed by atoms with Crippen LogP contribution in [0.4, 0.5) is 0 Å². The zero-order chi connectivity index (χ0) is 9.19. The SMILES string of the molecule is CN1CCC(OC(C)(C)C)CC1. The summed E-state index contributed by atoms with van der Waals surface area (Å²) >= 11 is 0. The second kappa shape index (κ2) is 3.75. The highest BCUT2D eigenvalue weighted by Crippen LogP contribution is 2.18. The van der Waals surface area contributed by atoms with Crippen LogP contribution in [0.15, 0.2) is 0 Å². The first-order valence-corrected chi connectivity index (χ1v) is 4.84. The van der Waals surface area contributed by atoms with Gasteiger partial charge < -0.3 is 9.64 Å². The Morgan fingerprint density at radius 2 is 1.67 bits per heavy atom. The fourth-order valence-corrected chi connectivity index (χ4v) is 1.60. The van der Waals surface area contributed by atoms with Gasteiger partial charge in [0.2, 0.25) is 0 Å². The predicted molar refractivity (Wildman–Crippen MR) is 51.4 cm³/mol. The van der Waals surface area contributed by atoms with Gasteiger partial charge >= 0.3 is 0 Å². The number of nitrogens with zero attached hydrogens (tertiary/aromatic N) is 1. The molecule has 1 saturated heterocycles. The number of hydrogen-bond donors (Lipinski definition) is 0. The lowest BCUT2D eigenvalue weighted by Gasteiger charge is -2.33. The van der Waals surface area contributed by atoms with Gasteiger partial charge in [-0.25, -0.2) is 0 Å². The molecule has 72 valence electrons. The molecule has 0 saturated carbocycles. The van der Waals surface area contributed by atoms with Crippen LogP contribution < -0.4 is 0 Å². The van der Waals surface area contributed by atoms with E-state index in [9.17, 15) is 0 Å². The highest BCUT2D eigenvalue weighted by Gasteiger charge is 2.22. The van der Waals surface area contributed by atoms with Gasteiger partial charge in [-0.2, -0.15) is 0 Å². The van der Waals surface area contributed by atoms with Gasteiger partial charge in [0.25, 0.3) is 0 Å². The van der Waals surface area contributed by atoms with Gasteiger partial charge in [0.05, 0.1) is 11.7 Å². The van der Waals surface area contributed by atoms with E-state index in [-0.39, 0.29) is 5.60 Å². The summed E-state index contributed by atoms with van der Waals surface area (Å²) < 4.78 is 5.90. The first-order chi connectivity index (χ1) is 5.47. The number of hydrogen-bond acceptors (Lipinski definition) is 2. The molecule has 0 unspecified atom stereocenters. The third kappa shape index (κ3) is 3.55. The van der Waals surface area contributed by atoms with Crippen molar-refractivity contribution in [2.24, 2.45) is 0 Å². The van der Waals surface area contributed by atoms with E-state index >= 15 is 0 Å². The Kier molecular flexibility index (Phi) is 3.13. The molecule has 2 heteroatoms. The molecule has 0 amide bonds. The lowest BCUT2D eigenvalue weighted by atomic mass is 10.1. The Bertz CT molecular complexity index is 131. The molecule has 0 aliphatic carbocycles. The molecule has 1 aliphatic rings. The van der Waals surface area contributed by atoms with Crippen LogP contribution in [0, 0.1) is 0 Å². The lowest BCUT2D eigenvalue weighted by molar-refractivity contribution is -0.0800. The van der Waals surface area contributed by atoms with Crippen molar-refractivity contribution in [2.45, 2.75) is 45.3 Å². The Morgan fingerprint density at radius 1 is 1.17 bits per heavy atom. The fraction of sp³-hybridized carbons (Fsp3) is 1.00. The molecule has 1 fully saturated rings. The molecular formula is C10H21NO. The molecule has 0 aromatic heterocycles. The largest absolute Gasteiger partial charge is 0.373 e. The van der Waals surface area contributed by atoms with E-state index in [1.165, 1.54) is 25.9 Å². The summed E-state index contributed by atoms with van der Waals surface area (Å²) in [7, 11) is 2.17. The van der Waals surface area contributed by atoms with Crippen molar-refractivity contribution in [3.8, 4) is 0 Å². The van der Waals surface area contributed by atoms with E-state index in [1.54, 1.807) is 0 Å². The standard InChI is InChI=1S/C10H21NO/c1-10(2,3)12-9-5-7-11(4)8-6-9/h9H,5-8H2,1-4H3. The highest BCUT2D eigenvalue weighted by atomic mass is 16.5. The van der Waals surface area contributed by atoms with Gasteiger partial charge in [0.15, 0.2) is 0 Å². The molecule has 1 rings (SSSR count). The average molecular weight is 171 g/mol. The molecule has 0 spiro atoms. The minimum Gasteiger partial charge on any atom is -0.373 e. The van der Waals surface area contributed by atoms with Gasteiger partial charge in [0, 0.05) is 13.1 Å². The van der Waals surface area contributed by atoms with E-state index < -0.39 is 0 Å². The van der Waals surface area contributed by atoms with E-state index in [0.29, 0.717) is 6.10 Å². The summed E-state index contributed by atoms with van der Waals surface area (Å²) in [6.07, 6.45) is 2.86. The fourth-order valence-electron chi connectivity index (χ4n) is 1.60. The molecule has 2 nitrogen and oxygen atoms in total. The maximum Gasteiger partial charge on any atom is 0.0606 e. The molecule has 0 N–H and O–H groups in total. The summed E-state index contributed by atoms with van der Waals surface area (Å²) in [4.78, 5) is 2.36. The van der Waals surface area contributed by atoms with Gasteiger partial charge in [-0.3, -0.25) is 0 Å². The molecule has 1 heterocycles. The third-order valence-electron chi connectivity index (χ3n) is 2.19. The van der Waals surface area contributed by atoms with Crippen LogP contribution in [0.2, 0.25) is 0 Å². The number of likely N-dealkylation sites (tertiary alicyclic amines) is 1. The van der Waals surface area contributed by atoms with Crippen molar-refractivity contribution in [1.29, 1.82) is 0 Å². The van der Waals surface area contributed by atoms with Crippen molar-refractivity contribution in [1.82, 2.24) is 4.90 Å². The molecule has 0 aromatic rings. The minimum absolute atomic E-state index is 0.0284. The Balaban J connectivity index is 2.26. The van der Waals surface area contributed by atoms with Crippen molar-refractivity contribution in [2.75, 3.05) is 20.1 Å². The first kappa shape index (κ1) is 10.0. The Hall–Kier alpha value is -0.0800. The van der Waals surface area contributed by atoms with Gasteiger partial charge in [-0.1, -0.05) is 0 Å². The zero-order valence-corrected chi connectivity index (χ0v) is 8.76. The molecule has 0 bridgehead atoms. The summed E-state index contributed by atoms with van der Waals surface area (Å²) in [5.74, 6) is 0.